The van der Waals surface area contributed by atoms with E-state index in [2.05, 4.69) is 0 Å². The molecule has 0 unspecified atom stereocenters. The normalized spacial score (nSPS) is 10.3. The zero-order valence-electron chi connectivity index (χ0n) is 10.5. The number of esters is 1. The molecule has 0 atom stereocenters. The van der Waals surface area contributed by atoms with Crippen molar-refractivity contribution in [1.82, 2.24) is 0 Å². The molecule has 0 radical (unpaired) electrons. The topological polar surface area (TPSA) is 52.6 Å². The Bertz CT molecular complexity index is 454. The third kappa shape index (κ3) is 3.74. The molecule has 0 aliphatic rings. The van der Waals surface area contributed by atoms with Crippen molar-refractivity contribution in [3.8, 4) is 11.5 Å². The predicted molar refractivity (Wildman–Crippen MR) is 68.3 cm³/mol. The first-order valence-electron chi connectivity index (χ1n) is 5.64. The summed E-state index contributed by atoms with van der Waals surface area (Å²) in [5.41, 5.74) is 0.296. The van der Waals surface area contributed by atoms with E-state index in [0.717, 1.165) is 0 Å². The van der Waals surface area contributed by atoms with E-state index in [1.165, 1.54) is 18.2 Å². The summed E-state index contributed by atoms with van der Waals surface area (Å²) in [4.78, 5) is 22.6. The van der Waals surface area contributed by atoms with E-state index in [0.29, 0.717) is 17.9 Å². The molecule has 5 heteroatoms. The van der Waals surface area contributed by atoms with Crippen LogP contribution < -0.4 is 9.47 Å². The van der Waals surface area contributed by atoms with Crippen LogP contribution in [0.1, 0.15) is 31.1 Å². The Morgan fingerprint density at radius 3 is 2.44 bits per heavy atom. The van der Waals surface area contributed by atoms with Crippen molar-refractivity contribution in [2.75, 3.05) is 6.61 Å². The van der Waals surface area contributed by atoms with Crippen molar-refractivity contribution in [3.63, 3.8) is 0 Å². The fourth-order valence-electron chi connectivity index (χ4n) is 1.21. The van der Waals surface area contributed by atoms with Crippen LogP contribution in [0.25, 0.3) is 0 Å². The molecule has 0 saturated heterocycles. The van der Waals surface area contributed by atoms with Gasteiger partial charge in [-0.2, -0.15) is 0 Å². The highest BCUT2D eigenvalue weighted by molar-refractivity contribution is 6.67. The summed E-state index contributed by atoms with van der Waals surface area (Å²) >= 11 is 5.38. The number of ether oxygens (including phenoxy) is 2. The van der Waals surface area contributed by atoms with E-state index in [1.807, 2.05) is 0 Å². The maximum atomic E-state index is 11.5. The van der Waals surface area contributed by atoms with Crippen molar-refractivity contribution >= 4 is 22.8 Å². The van der Waals surface area contributed by atoms with Crippen LogP contribution in [0, 0.1) is 5.92 Å². The van der Waals surface area contributed by atoms with Gasteiger partial charge in [0.05, 0.1) is 12.5 Å². The van der Waals surface area contributed by atoms with Gasteiger partial charge in [-0.15, -0.1) is 0 Å². The molecule has 0 saturated carbocycles. The van der Waals surface area contributed by atoms with Crippen molar-refractivity contribution in [3.05, 3.63) is 23.8 Å². The van der Waals surface area contributed by atoms with Crippen LogP contribution in [0.15, 0.2) is 18.2 Å². The fraction of sp³-hybridized carbons (Fsp3) is 0.385. The van der Waals surface area contributed by atoms with Gasteiger partial charge in [-0.3, -0.25) is 9.59 Å². The molecule has 0 bridgehead atoms. The van der Waals surface area contributed by atoms with Crippen molar-refractivity contribution < 1.29 is 19.1 Å². The van der Waals surface area contributed by atoms with Crippen LogP contribution >= 0.6 is 11.6 Å². The number of halogens is 1. The molecule has 0 N–H and O–H groups in total. The van der Waals surface area contributed by atoms with E-state index in [1.54, 1.807) is 20.8 Å². The van der Waals surface area contributed by atoms with E-state index >= 15 is 0 Å². The first-order valence-corrected chi connectivity index (χ1v) is 6.01. The largest absolute Gasteiger partial charge is 0.490 e. The maximum Gasteiger partial charge on any atom is 0.313 e. The molecule has 18 heavy (non-hydrogen) atoms. The van der Waals surface area contributed by atoms with E-state index in [4.69, 9.17) is 21.1 Å². The fourth-order valence-corrected chi connectivity index (χ4v) is 1.33. The zero-order chi connectivity index (χ0) is 13.7. The number of hydrogen-bond acceptors (Lipinski definition) is 4. The third-order valence-electron chi connectivity index (χ3n) is 2.15. The van der Waals surface area contributed by atoms with Gasteiger partial charge >= 0.3 is 5.97 Å². The van der Waals surface area contributed by atoms with Gasteiger partial charge in [0, 0.05) is 5.56 Å². The van der Waals surface area contributed by atoms with E-state index in [-0.39, 0.29) is 17.6 Å². The highest BCUT2D eigenvalue weighted by atomic mass is 35.5. The lowest BCUT2D eigenvalue weighted by Crippen LogP contribution is -2.15. The second-order valence-corrected chi connectivity index (χ2v) is 4.29. The van der Waals surface area contributed by atoms with Gasteiger partial charge in [0.2, 0.25) is 0 Å². The van der Waals surface area contributed by atoms with Gasteiger partial charge in [0.1, 0.15) is 0 Å². The van der Waals surface area contributed by atoms with E-state index < -0.39 is 5.24 Å². The average Bonchev–Trinajstić information content (AvgIpc) is 2.31. The Morgan fingerprint density at radius 2 is 1.94 bits per heavy atom. The Morgan fingerprint density at radius 1 is 1.28 bits per heavy atom. The smallest absolute Gasteiger partial charge is 0.313 e. The predicted octanol–water partition coefficient (Wildman–Crippen LogP) is 3.03. The summed E-state index contributed by atoms with van der Waals surface area (Å²) in [6, 6.07) is 4.45. The Kier molecular flexibility index (Phi) is 5.16. The SMILES string of the molecule is CCOc1cc(C(=O)Cl)ccc1OC(=O)C(C)C. The lowest BCUT2D eigenvalue weighted by atomic mass is 10.2. The minimum atomic E-state index is -0.585. The molecule has 0 heterocycles. The van der Waals surface area contributed by atoms with Crippen LogP contribution in [-0.4, -0.2) is 17.8 Å². The van der Waals surface area contributed by atoms with E-state index in [9.17, 15) is 9.59 Å². The molecule has 0 aliphatic heterocycles. The molecule has 0 fully saturated rings. The second-order valence-electron chi connectivity index (χ2n) is 3.94. The summed E-state index contributed by atoms with van der Waals surface area (Å²) in [6.45, 7) is 5.66. The molecule has 4 nitrogen and oxygen atoms in total. The van der Waals surface area contributed by atoms with Crippen LogP contribution in [0.4, 0.5) is 0 Å². The van der Waals surface area contributed by atoms with Crippen LogP contribution in [0.5, 0.6) is 11.5 Å². The highest BCUT2D eigenvalue weighted by Crippen LogP contribution is 2.29. The average molecular weight is 271 g/mol. The summed E-state index contributed by atoms with van der Waals surface area (Å²) in [5, 5.41) is -0.585. The Labute approximate surface area is 111 Å². The number of hydrogen-bond donors (Lipinski definition) is 0. The molecule has 1 aromatic carbocycles. The lowest BCUT2D eigenvalue weighted by molar-refractivity contribution is -0.137. The summed E-state index contributed by atoms with van der Waals surface area (Å²) in [6.07, 6.45) is 0. The van der Waals surface area contributed by atoms with Gasteiger partial charge in [-0.1, -0.05) is 13.8 Å². The molecule has 0 spiro atoms. The van der Waals surface area contributed by atoms with Gasteiger partial charge < -0.3 is 9.47 Å². The monoisotopic (exact) mass is 270 g/mol. The summed E-state index contributed by atoms with van der Waals surface area (Å²) < 4.78 is 10.5. The van der Waals surface area contributed by atoms with Crippen LogP contribution in [0.3, 0.4) is 0 Å². The highest BCUT2D eigenvalue weighted by Gasteiger charge is 2.15. The molecule has 0 aromatic heterocycles. The first-order chi connectivity index (χ1) is 8.45. The molecule has 1 aromatic rings. The van der Waals surface area contributed by atoms with Gasteiger partial charge in [0.15, 0.2) is 11.5 Å². The second kappa shape index (κ2) is 6.40. The molecule has 98 valence electrons. The standard InChI is InChI=1S/C13H15ClO4/c1-4-17-11-7-9(12(14)15)5-6-10(11)18-13(16)8(2)3/h5-8H,4H2,1-3H3. The molecular weight excluding hydrogens is 256 g/mol. The van der Waals surface area contributed by atoms with Crippen LogP contribution in [0.2, 0.25) is 0 Å². The molecular formula is C13H15ClO4. The summed E-state index contributed by atoms with van der Waals surface area (Å²) in [7, 11) is 0. The number of rotatable bonds is 5. The summed E-state index contributed by atoms with van der Waals surface area (Å²) in [5.74, 6) is 0.0185. The van der Waals surface area contributed by atoms with Gasteiger partial charge in [-0.05, 0) is 36.7 Å². The van der Waals surface area contributed by atoms with Crippen LogP contribution in [-0.2, 0) is 4.79 Å². The van der Waals surface area contributed by atoms with Gasteiger partial charge in [0.25, 0.3) is 5.24 Å². The number of carbonyl (C=O) groups excluding carboxylic acids is 2. The third-order valence-corrected chi connectivity index (χ3v) is 2.37. The Balaban J connectivity index is 3.03. The molecule has 1 rings (SSSR count). The quantitative estimate of drug-likeness (QED) is 0.469. The number of carbonyl (C=O) groups is 2. The van der Waals surface area contributed by atoms with Gasteiger partial charge in [-0.25, -0.2) is 0 Å². The molecule has 0 aliphatic carbocycles. The number of benzene rings is 1. The minimum Gasteiger partial charge on any atom is -0.490 e. The minimum absolute atomic E-state index is 0.242. The van der Waals surface area contributed by atoms with Crippen molar-refractivity contribution in [2.45, 2.75) is 20.8 Å². The zero-order valence-corrected chi connectivity index (χ0v) is 11.3. The maximum absolute atomic E-state index is 11.5. The lowest BCUT2D eigenvalue weighted by Gasteiger charge is -2.12. The van der Waals surface area contributed by atoms with Crippen molar-refractivity contribution in [1.29, 1.82) is 0 Å². The Hall–Kier alpha value is -1.55. The molecule has 0 amide bonds. The first kappa shape index (κ1) is 14.5. The van der Waals surface area contributed by atoms with Crippen molar-refractivity contribution in [2.24, 2.45) is 5.92 Å².